The zero-order valence-corrected chi connectivity index (χ0v) is 9.75. The van der Waals surface area contributed by atoms with Crippen LogP contribution in [0.3, 0.4) is 0 Å². The molecule has 7 nitrogen and oxygen atoms in total. The van der Waals surface area contributed by atoms with E-state index in [-0.39, 0.29) is 0 Å². The summed E-state index contributed by atoms with van der Waals surface area (Å²) >= 11 is 0. The van der Waals surface area contributed by atoms with Gasteiger partial charge in [-0.1, -0.05) is 0 Å². The van der Waals surface area contributed by atoms with Crippen molar-refractivity contribution in [1.29, 1.82) is 0 Å². The Labute approximate surface area is 97.9 Å². The summed E-state index contributed by atoms with van der Waals surface area (Å²) in [5, 5.41) is 11.0. The maximum absolute atomic E-state index is 5.28. The van der Waals surface area contributed by atoms with Crippen molar-refractivity contribution in [2.75, 3.05) is 21.3 Å². The number of aromatic nitrogens is 4. The average molecular weight is 236 g/mol. The fraction of sp³-hybridized carbons (Fsp3) is 0.300. The molecule has 0 aliphatic rings. The van der Waals surface area contributed by atoms with Crippen molar-refractivity contribution < 1.29 is 14.2 Å². The molecule has 0 N–H and O–H groups in total. The molecule has 0 unspecified atom stereocenters. The van der Waals surface area contributed by atoms with E-state index in [0.29, 0.717) is 22.9 Å². The van der Waals surface area contributed by atoms with Gasteiger partial charge in [0.1, 0.15) is 12.1 Å². The van der Waals surface area contributed by atoms with E-state index in [1.54, 1.807) is 33.5 Å². The van der Waals surface area contributed by atoms with Crippen LogP contribution in [0.25, 0.3) is 5.69 Å². The lowest BCUT2D eigenvalue weighted by atomic mass is 10.2. The maximum Gasteiger partial charge on any atom is 0.152 e. The van der Waals surface area contributed by atoms with Gasteiger partial charge in [0.25, 0.3) is 0 Å². The summed E-state index contributed by atoms with van der Waals surface area (Å²) in [4.78, 5) is 0. The predicted octanol–water partition coefficient (Wildman–Crippen LogP) is 0.688. The van der Waals surface area contributed by atoms with Gasteiger partial charge in [-0.05, 0) is 10.4 Å². The first-order chi connectivity index (χ1) is 8.30. The van der Waals surface area contributed by atoms with E-state index in [2.05, 4.69) is 15.5 Å². The quantitative estimate of drug-likeness (QED) is 0.777. The zero-order chi connectivity index (χ0) is 12.3. The molecule has 2 rings (SSSR count). The Hall–Kier alpha value is -2.31. The number of tetrazole rings is 1. The third-order valence-electron chi connectivity index (χ3n) is 2.27. The fourth-order valence-electron chi connectivity index (χ4n) is 1.48. The number of ether oxygens (including phenoxy) is 3. The van der Waals surface area contributed by atoms with Crippen molar-refractivity contribution in [1.82, 2.24) is 20.2 Å². The smallest absolute Gasteiger partial charge is 0.152 e. The topological polar surface area (TPSA) is 71.3 Å². The van der Waals surface area contributed by atoms with Gasteiger partial charge in [0.05, 0.1) is 21.3 Å². The average Bonchev–Trinajstić information content (AvgIpc) is 2.90. The summed E-state index contributed by atoms with van der Waals surface area (Å²) in [7, 11) is 4.69. The van der Waals surface area contributed by atoms with Crippen LogP contribution in [-0.4, -0.2) is 41.5 Å². The second-order valence-corrected chi connectivity index (χ2v) is 3.13. The maximum atomic E-state index is 5.28. The summed E-state index contributed by atoms with van der Waals surface area (Å²) in [6.45, 7) is 0. The molecule has 1 heterocycles. The van der Waals surface area contributed by atoms with Crippen LogP contribution in [0.1, 0.15) is 0 Å². The molecule has 90 valence electrons. The molecule has 0 spiro atoms. The van der Waals surface area contributed by atoms with E-state index in [4.69, 9.17) is 14.2 Å². The molecule has 0 saturated heterocycles. The lowest BCUT2D eigenvalue weighted by molar-refractivity contribution is 0.371. The molecule has 0 amide bonds. The molecule has 0 fully saturated rings. The minimum Gasteiger partial charge on any atom is -0.496 e. The Morgan fingerprint density at radius 2 is 1.65 bits per heavy atom. The largest absolute Gasteiger partial charge is 0.496 e. The standard InChI is InChI=1S/C10H12N4O3/c1-15-7-4-8(16-2)10(9(5-7)17-3)14-6-11-12-13-14/h4-6H,1-3H3. The van der Waals surface area contributed by atoms with Crippen molar-refractivity contribution in [2.45, 2.75) is 0 Å². The van der Waals surface area contributed by atoms with E-state index < -0.39 is 0 Å². The van der Waals surface area contributed by atoms with Crippen LogP contribution in [0, 0.1) is 0 Å². The van der Waals surface area contributed by atoms with Crippen molar-refractivity contribution >= 4 is 0 Å². The van der Waals surface area contributed by atoms with Crippen LogP contribution in [0.2, 0.25) is 0 Å². The van der Waals surface area contributed by atoms with Gasteiger partial charge in [0.2, 0.25) is 0 Å². The first kappa shape index (κ1) is 11.2. The molecule has 0 atom stereocenters. The molecular weight excluding hydrogens is 224 g/mol. The Morgan fingerprint density at radius 3 is 2.06 bits per heavy atom. The van der Waals surface area contributed by atoms with Gasteiger partial charge in [-0.25, -0.2) is 0 Å². The SMILES string of the molecule is COc1cc(OC)c(-n2cnnn2)c(OC)c1. The van der Waals surface area contributed by atoms with Crippen molar-refractivity contribution in [3.8, 4) is 22.9 Å². The Bertz CT molecular complexity index is 473. The minimum atomic E-state index is 0.563. The molecular formula is C10H12N4O3. The summed E-state index contributed by atoms with van der Waals surface area (Å²) in [6, 6.07) is 3.47. The van der Waals surface area contributed by atoms with Crippen molar-refractivity contribution in [3.63, 3.8) is 0 Å². The first-order valence-corrected chi connectivity index (χ1v) is 4.83. The van der Waals surface area contributed by atoms with Crippen LogP contribution < -0.4 is 14.2 Å². The van der Waals surface area contributed by atoms with Crippen LogP contribution in [0.15, 0.2) is 18.5 Å². The lowest BCUT2D eigenvalue weighted by Crippen LogP contribution is -2.03. The number of rotatable bonds is 4. The third kappa shape index (κ3) is 1.99. The molecule has 1 aromatic heterocycles. The first-order valence-electron chi connectivity index (χ1n) is 4.83. The minimum absolute atomic E-state index is 0.563. The van der Waals surface area contributed by atoms with E-state index in [9.17, 15) is 0 Å². The summed E-state index contributed by atoms with van der Waals surface area (Å²) in [6.07, 6.45) is 1.47. The number of benzene rings is 1. The van der Waals surface area contributed by atoms with Crippen LogP contribution in [0.4, 0.5) is 0 Å². The second kappa shape index (κ2) is 4.69. The number of nitrogens with zero attached hydrogens (tertiary/aromatic N) is 4. The highest BCUT2D eigenvalue weighted by molar-refractivity contribution is 5.60. The molecule has 17 heavy (non-hydrogen) atoms. The molecule has 0 aliphatic heterocycles. The summed E-state index contributed by atoms with van der Waals surface area (Å²) in [5.74, 6) is 1.76. The van der Waals surface area contributed by atoms with E-state index >= 15 is 0 Å². The zero-order valence-electron chi connectivity index (χ0n) is 9.75. The molecule has 7 heteroatoms. The van der Waals surface area contributed by atoms with E-state index in [1.807, 2.05) is 0 Å². The third-order valence-corrected chi connectivity index (χ3v) is 2.27. The van der Waals surface area contributed by atoms with Crippen LogP contribution >= 0.6 is 0 Å². The van der Waals surface area contributed by atoms with Gasteiger partial charge in [0.15, 0.2) is 17.2 Å². The summed E-state index contributed by atoms with van der Waals surface area (Å²) < 4.78 is 17.2. The van der Waals surface area contributed by atoms with Crippen LogP contribution in [-0.2, 0) is 0 Å². The summed E-state index contributed by atoms with van der Waals surface area (Å²) in [5.41, 5.74) is 0.626. The highest BCUT2D eigenvalue weighted by Gasteiger charge is 2.15. The molecule has 0 saturated carbocycles. The van der Waals surface area contributed by atoms with Gasteiger partial charge >= 0.3 is 0 Å². The number of hydrogen-bond donors (Lipinski definition) is 0. The van der Waals surface area contributed by atoms with Gasteiger partial charge < -0.3 is 14.2 Å². The molecule has 0 aliphatic carbocycles. The van der Waals surface area contributed by atoms with Gasteiger partial charge in [-0.2, -0.15) is 4.68 Å². The predicted molar refractivity (Wildman–Crippen MR) is 58.8 cm³/mol. The van der Waals surface area contributed by atoms with E-state index in [1.165, 1.54) is 11.0 Å². The molecule has 0 radical (unpaired) electrons. The van der Waals surface area contributed by atoms with Crippen LogP contribution in [0.5, 0.6) is 17.2 Å². The molecule has 1 aromatic carbocycles. The van der Waals surface area contributed by atoms with Gasteiger partial charge in [-0.3, -0.25) is 0 Å². The number of hydrogen-bond acceptors (Lipinski definition) is 6. The normalized spacial score (nSPS) is 10.1. The second-order valence-electron chi connectivity index (χ2n) is 3.13. The lowest BCUT2D eigenvalue weighted by Gasteiger charge is -2.13. The van der Waals surface area contributed by atoms with Gasteiger partial charge in [-0.15, -0.1) is 5.10 Å². The van der Waals surface area contributed by atoms with Crippen molar-refractivity contribution in [2.24, 2.45) is 0 Å². The number of methoxy groups -OCH3 is 3. The van der Waals surface area contributed by atoms with Gasteiger partial charge in [0, 0.05) is 12.1 Å². The molecule has 0 bridgehead atoms. The molecule has 2 aromatic rings. The highest BCUT2D eigenvalue weighted by Crippen LogP contribution is 2.36. The Balaban J connectivity index is 2.63. The fourth-order valence-corrected chi connectivity index (χ4v) is 1.48. The monoisotopic (exact) mass is 236 g/mol. The highest BCUT2D eigenvalue weighted by atomic mass is 16.5. The van der Waals surface area contributed by atoms with E-state index in [0.717, 1.165) is 0 Å². The Morgan fingerprint density at radius 1 is 1.00 bits per heavy atom. The van der Waals surface area contributed by atoms with Crippen molar-refractivity contribution in [3.05, 3.63) is 18.5 Å². The Kier molecular flexibility index (Phi) is 3.08.